The van der Waals surface area contributed by atoms with Crippen LogP contribution in [0.3, 0.4) is 0 Å². The van der Waals surface area contributed by atoms with Gasteiger partial charge in [0.25, 0.3) is 0 Å². The number of azo groups is 1. The fourth-order valence-corrected chi connectivity index (χ4v) is 2.14. The standard InChI is InChI=1S/C21H18N4/c1-2-17-13-15-18(16-14-17)21(24-22-19-9-5-3-6-10-19)25-23-20-11-7-4-8-12-20/h2-16,22H,1H2. The highest BCUT2D eigenvalue weighted by atomic mass is 15.3. The number of hydrazone groups is 1. The molecule has 122 valence electrons. The van der Waals surface area contributed by atoms with E-state index in [4.69, 9.17) is 0 Å². The van der Waals surface area contributed by atoms with Crippen LogP contribution in [-0.4, -0.2) is 5.84 Å². The highest BCUT2D eigenvalue weighted by Gasteiger charge is 2.03. The van der Waals surface area contributed by atoms with Gasteiger partial charge in [-0.3, -0.25) is 5.43 Å². The second kappa shape index (κ2) is 8.36. The minimum absolute atomic E-state index is 0.503. The molecule has 0 unspecified atom stereocenters. The van der Waals surface area contributed by atoms with Crippen LogP contribution in [0.5, 0.6) is 0 Å². The summed E-state index contributed by atoms with van der Waals surface area (Å²) in [6.45, 7) is 3.77. The molecular formula is C21H18N4. The maximum Gasteiger partial charge on any atom is 0.201 e. The molecule has 0 saturated heterocycles. The molecule has 0 heterocycles. The zero-order chi connectivity index (χ0) is 17.3. The van der Waals surface area contributed by atoms with E-state index in [9.17, 15) is 0 Å². The van der Waals surface area contributed by atoms with Crippen molar-refractivity contribution >= 4 is 23.3 Å². The van der Waals surface area contributed by atoms with Gasteiger partial charge in [-0.1, -0.05) is 73.3 Å². The minimum Gasteiger partial charge on any atom is -0.276 e. The Morgan fingerprint density at radius 1 is 0.800 bits per heavy atom. The van der Waals surface area contributed by atoms with Gasteiger partial charge in [0, 0.05) is 5.56 Å². The van der Waals surface area contributed by atoms with Crippen LogP contribution in [0.25, 0.3) is 6.08 Å². The monoisotopic (exact) mass is 326 g/mol. The Morgan fingerprint density at radius 3 is 2.08 bits per heavy atom. The average molecular weight is 326 g/mol. The van der Waals surface area contributed by atoms with Crippen LogP contribution in [0.4, 0.5) is 11.4 Å². The first-order valence-corrected chi connectivity index (χ1v) is 7.93. The Balaban J connectivity index is 1.89. The number of hydrogen-bond donors (Lipinski definition) is 1. The lowest BCUT2D eigenvalue weighted by Crippen LogP contribution is -2.01. The van der Waals surface area contributed by atoms with Crippen molar-refractivity contribution < 1.29 is 0 Å². The van der Waals surface area contributed by atoms with E-state index in [0.29, 0.717) is 5.84 Å². The molecule has 0 aliphatic heterocycles. The van der Waals surface area contributed by atoms with Crippen molar-refractivity contribution in [3.05, 3.63) is 103 Å². The Kier molecular flexibility index (Phi) is 5.46. The Bertz CT molecular complexity index is 867. The quantitative estimate of drug-likeness (QED) is 0.270. The molecule has 0 aromatic heterocycles. The summed E-state index contributed by atoms with van der Waals surface area (Å²) >= 11 is 0. The van der Waals surface area contributed by atoms with Gasteiger partial charge in [-0.05, 0) is 29.8 Å². The van der Waals surface area contributed by atoms with E-state index in [1.807, 2.05) is 84.9 Å². The van der Waals surface area contributed by atoms with Crippen LogP contribution in [-0.2, 0) is 0 Å². The van der Waals surface area contributed by atoms with Gasteiger partial charge in [-0.25, -0.2) is 0 Å². The molecule has 0 fully saturated rings. The number of nitrogens with zero attached hydrogens (tertiary/aromatic N) is 3. The van der Waals surface area contributed by atoms with Gasteiger partial charge in [0.1, 0.15) is 0 Å². The van der Waals surface area contributed by atoms with Crippen molar-refractivity contribution in [2.75, 3.05) is 5.43 Å². The normalized spacial score (nSPS) is 11.4. The lowest BCUT2D eigenvalue weighted by Gasteiger charge is -2.04. The summed E-state index contributed by atoms with van der Waals surface area (Å²) in [6, 6.07) is 27.2. The summed E-state index contributed by atoms with van der Waals surface area (Å²) in [5, 5.41) is 13.0. The van der Waals surface area contributed by atoms with Gasteiger partial charge in [0.05, 0.1) is 11.4 Å². The van der Waals surface area contributed by atoms with Crippen LogP contribution in [0.1, 0.15) is 11.1 Å². The molecule has 0 aliphatic rings. The molecule has 0 atom stereocenters. The van der Waals surface area contributed by atoms with E-state index in [1.165, 1.54) is 0 Å². The van der Waals surface area contributed by atoms with Gasteiger partial charge >= 0.3 is 0 Å². The lowest BCUT2D eigenvalue weighted by atomic mass is 10.1. The van der Waals surface area contributed by atoms with Crippen LogP contribution >= 0.6 is 0 Å². The van der Waals surface area contributed by atoms with E-state index in [-0.39, 0.29) is 0 Å². The second-order valence-corrected chi connectivity index (χ2v) is 5.27. The predicted molar refractivity (Wildman–Crippen MR) is 104 cm³/mol. The third-order valence-corrected chi connectivity index (χ3v) is 3.49. The SMILES string of the molecule is C=Cc1ccc(C(N=Nc2ccccc2)=NNc2ccccc2)cc1. The third kappa shape index (κ3) is 4.72. The van der Waals surface area contributed by atoms with Gasteiger partial charge in [-0.15, -0.1) is 10.2 Å². The predicted octanol–water partition coefficient (Wildman–Crippen LogP) is 5.89. The smallest absolute Gasteiger partial charge is 0.201 e. The molecule has 25 heavy (non-hydrogen) atoms. The summed E-state index contributed by atoms with van der Waals surface area (Å²) in [6.07, 6.45) is 1.80. The van der Waals surface area contributed by atoms with Crippen molar-refractivity contribution in [1.29, 1.82) is 0 Å². The van der Waals surface area contributed by atoms with E-state index in [0.717, 1.165) is 22.5 Å². The molecule has 0 radical (unpaired) electrons. The van der Waals surface area contributed by atoms with Crippen molar-refractivity contribution in [1.82, 2.24) is 0 Å². The van der Waals surface area contributed by atoms with Gasteiger partial charge in [0.2, 0.25) is 5.84 Å². The van der Waals surface area contributed by atoms with Gasteiger partial charge < -0.3 is 0 Å². The molecule has 0 saturated carbocycles. The highest BCUT2D eigenvalue weighted by Crippen LogP contribution is 2.14. The summed E-state index contributed by atoms with van der Waals surface area (Å²) in [4.78, 5) is 0. The molecule has 0 spiro atoms. The van der Waals surface area contributed by atoms with Gasteiger partial charge in [-0.2, -0.15) is 5.10 Å². The van der Waals surface area contributed by atoms with Crippen molar-refractivity contribution in [2.45, 2.75) is 0 Å². The molecule has 3 rings (SSSR count). The zero-order valence-corrected chi connectivity index (χ0v) is 13.7. The van der Waals surface area contributed by atoms with Crippen molar-refractivity contribution in [3.63, 3.8) is 0 Å². The number of nitrogens with one attached hydrogen (secondary N) is 1. The second-order valence-electron chi connectivity index (χ2n) is 5.27. The third-order valence-electron chi connectivity index (χ3n) is 3.49. The molecule has 0 amide bonds. The Morgan fingerprint density at radius 2 is 1.44 bits per heavy atom. The number of amidine groups is 1. The van der Waals surface area contributed by atoms with Crippen LogP contribution < -0.4 is 5.43 Å². The minimum atomic E-state index is 0.503. The molecular weight excluding hydrogens is 308 g/mol. The molecule has 4 heteroatoms. The largest absolute Gasteiger partial charge is 0.276 e. The maximum absolute atomic E-state index is 4.42. The fraction of sp³-hybridized carbons (Fsp3) is 0. The number of benzene rings is 3. The molecule has 1 N–H and O–H groups in total. The molecule has 4 nitrogen and oxygen atoms in total. The topological polar surface area (TPSA) is 49.1 Å². The van der Waals surface area contributed by atoms with Gasteiger partial charge in [0.15, 0.2) is 0 Å². The van der Waals surface area contributed by atoms with Crippen LogP contribution in [0, 0.1) is 0 Å². The summed E-state index contributed by atoms with van der Waals surface area (Å²) in [5.41, 5.74) is 6.59. The van der Waals surface area contributed by atoms with Crippen LogP contribution in [0.2, 0.25) is 0 Å². The van der Waals surface area contributed by atoms with Crippen molar-refractivity contribution in [2.24, 2.45) is 15.3 Å². The molecule has 0 aliphatic carbocycles. The molecule has 0 bridgehead atoms. The summed E-state index contributed by atoms with van der Waals surface area (Å²) in [5.74, 6) is 0.503. The lowest BCUT2D eigenvalue weighted by molar-refractivity contribution is 1.22. The zero-order valence-electron chi connectivity index (χ0n) is 13.7. The first-order valence-electron chi connectivity index (χ1n) is 7.93. The first-order chi connectivity index (χ1) is 12.3. The highest BCUT2D eigenvalue weighted by molar-refractivity contribution is 5.99. The fourth-order valence-electron chi connectivity index (χ4n) is 2.14. The summed E-state index contributed by atoms with van der Waals surface area (Å²) < 4.78 is 0. The number of para-hydroxylation sites is 1. The Hall–Kier alpha value is -3.53. The maximum atomic E-state index is 4.42. The van der Waals surface area contributed by atoms with E-state index < -0.39 is 0 Å². The van der Waals surface area contributed by atoms with E-state index in [1.54, 1.807) is 6.08 Å². The van der Waals surface area contributed by atoms with E-state index in [2.05, 4.69) is 27.3 Å². The number of anilines is 1. The van der Waals surface area contributed by atoms with Crippen LogP contribution in [0.15, 0.2) is 107 Å². The average Bonchev–Trinajstić information content (AvgIpc) is 2.70. The first kappa shape index (κ1) is 16.3. The number of rotatable bonds is 5. The molecule has 3 aromatic carbocycles. The van der Waals surface area contributed by atoms with Crippen molar-refractivity contribution in [3.8, 4) is 0 Å². The number of hydrogen-bond acceptors (Lipinski definition) is 3. The molecule has 3 aromatic rings. The summed E-state index contributed by atoms with van der Waals surface area (Å²) in [7, 11) is 0. The van der Waals surface area contributed by atoms with E-state index >= 15 is 0 Å². The Labute approximate surface area is 147 Å².